The number of H-pyrrole nitrogens is 1. The lowest BCUT2D eigenvalue weighted by Crippen LogP contribution is -2.46. The van der Waals surface area contributed by atoms with Crippen LogP contribution in [0.25, 0.3) is 10.9 Å². The van der Waals surface area contributed by atoms with Gasteiger partial charge < -0.3 is 10.2 Å². The minimum Gasteiger partial charge on any atom is -0.353 e. The van der Waals surface area contributed by atoms with Gasteiger partial charge in [0.25, 0.3) is 0 Å². The Hall–Kier alpha value is -1.92. The molecule has 3 aromatic rings. The fourth-order valence-corrected chi connectivity index (χ4v) is 3.24. The Labute approximate surface area is 136 Å². The van der Waals surface area contributed by atoms with Crippen LogP contribution in [0.15, 0.2) is 47.2 Å². The van der Waals surface area contributed by atoms with E-state index >= 15 is 0 Å². The second kappa shape index (κ2) is 5.70. The first-order valence-corrected chi connectivity index (χ1v) is 8.12. The Bertz CT molecular complexity index is 786. The molecule has 0 radical (unpaired) electrons. The Morgan fingerprint density at radius 1 is 1.23 bits per heavy atom. The maximum Gasteiger partial charge on any atom is 0.129 e. The van der Waals surface area contributed by atoms with E-state index in [1.54, 1.807) is 0 Å². The summed E-state index contributed by atoms with van der Waals surface area (Å²) < 4.78 is 1.06. The molecule has 4 rings (SSSR count). The number of fused-ring (bicyclic) bond motifs is 1. The summed E-state index contributed by atoms with van der Waals surface area (Å²) in [5.74, 6) is 1.03. The summed E-state index contributed by atoms with van der Waals surface area (Å²) in [5.41, 5.74) is 2.21. The van der Waals surface area contributed by atoms with E-state index in [1.165, 1.54) is 5.56 Å². The van der Waals surface area contributed by atoms with Crippen molar-refractivity contribution >= 4 is 32.7 Å². The topological polar surface area (TPSA) is 56.8 Å². The number of nitrogens with zero attached hydrogens (tertiary/aromatic N) is 3. The standard InChI is InChI=1S/C16H16BrN5/c17-13-3-1-11-2-4-16(21-14(11)7-13)22-6-5-18-15(10-22)12-8-19-20-9-12/h1-4,7-9,15,18H,5-6,10H2,(H,19,20). The van der Waals surface area contributed by atoms with Gasteiger partial charge >= 0.3 is 0 Å². The zero-order chi connectivity index (χ0) is 14.9. The number of halogens is 1. The summed E-state index contributed by atoms with van der Waals surface area (Å²) in [6.45, 7) is 2.79. The van der Waals surface area contributed by atoms with Gasteiger partial charge in [-0.25, -0.2) is 4.98 Å². The number of rotatable bonds is 2. The molecule has 0 saturated carbocycles. The molecule has 1 fully saturated rings. The highest BCUT2D eigenvalue weighted by Gasteiger charge is 2.22. The van der Waals surface area contributed by atoms with Crippen LogP contribution in [-0.2, 0) is 0 Å². The number of benzene rings is 1. The maximum atomic E-state index is 4.82. The lowest BCUT2D eigenvalue weighted by atomic mass is 10.1. The van der Waals surface area contributed by atoms with Gasteiger partial charge in [-0.2, -0.15) is 5.10 Å². The minimum atomic E-state index is 0.285. The molecule has 0 amide bonds. The SMILES string of the molecule is Brc1ccc2ccc(N3CCNC(c4cn[nH]c4)C3)nc2c1. The van der Waals surface area contributed by atoms with Gasteiger partial charge in [-0.05, 0) is 24.3 Å². The average molecular weight is 358 g/mol. The van der Waals surface area contributed by atoms with Gasteiger partial charge in [-0.15, -0.1) is 0 Å². The minimum absolute atomic E-state index is 0.285. The van der Waals surface area contributed by atoms with Gasteiger partial charge in [0, 0.05) is 41.3 Å². The quantitative estimate of drug-likeness (QED) is 0.740. The van der Waals surface area contributed by atoms with Gasteiger partial charge in [0.2, 0.25) is 0 Å². The number of nitrogens with one attached hydrogen (secondary N) is 2. The van der Waals surface area contributed by atoms with Crippen LogP contribution >= 0.6 is 15.9 Å². The van der Waals surface area contributed by atoms with E-state index < -0.39 is 0 Å². The predicted molar refractivity (Wildman–Crippen MR) is 91.0 cm³/mol. The van der Waals surface area contributed by atoms with Crippen molar-refractivity contribution in [1.29, 1.82) is 0 Å². The Morgan fingerprint density at radius 3 is 3.00 bits per heavy atom. The molecule has 1 saturated heterocycles. The maximum absolute atomic E-state index is 4.82. The molecule has 1 unspecified atom stereocenters. The molecule has 2 N–H and O–H groups in total. The van der Waals surface area contributed by atoms with Crippen molar-refractivity contribution in [2.45, 2.75) is 6.04 Å². The lowest BCUT2D eigenvalue weighted by Gasteiger charge is -2.34. The first kappa shape index (κ1) is 13.7. The molecule has 22 heavy (non-hydrogen) atoms. The first-order valence-electron chi connectivity index (χ1n) is 7.33. The van der Waals surface area contributed by atoms with Gasteiger partial charge in [0.15, 0.2) is 0 Å². The summed E-state index contributed by atoms with van der Waals surface area (Å²) in [4.78, 5) is 7.15. The highest BCUT2D eigenvalue weighted by molar-refractivity contribution is 9.10. The van der Waals surface area contributed by atoms with Crippen LogP contribution < -0.4 is 10.2 Å². The number of piperazine rings is 1. The fourth-order valence-electron chi connectivity index (χ4n) is 2.89. The molecule has 1 aromatic carbocycles. The monoisotopic (exact) mass is 357 g/mol. The van der Waals surface area contributed by atoms with Gasteiger partial charge in [-0.3, -0.25) is 5.10 Å². The number of anilines is 1. The third-order valence-corrected chi connectivity index (χ3v) is 4.55. The van der Waals surface area contributed by atoms with Crippen LogP contribution in [0.4, 0.5) is 5.82 Å². The van der Waals surface area contributed by atoms with Crippen molar-refractivity contribution < 1.29 is 0 Å². The van der Waals surface area contributed by atoms with E-state index in [9.17, 15) is 0 Å². The summed E-state index contributed by atoms with van der Waals surface area (Å²) in [5, 5.41) is 11.6. The van der Waals surface area contributed by atoms with Gasteiger partial charge in [0.1, 0.15) is 5.82 Å². The molecular formula is C16H16BrN5. The van der Waals surface area contributed by atoms with Crippen LogP contribution in [0.1, 0.15) is 11.6 Å². The van der Waals surface area contributed by atoms with Crippen LogP contribution in [0.2, 0.25) is 0 Å². The Kier molecular flexibility index (Phi) is 3.56. The van der Waals surface area contributed by atoms with E-state index in [4.69, 9.17) is 4.98 Å². The molecule has 0 spiro atoms. The molecule has 1 aliphatic rings. The number of hydrogen-bond acceptors (Lipinski definition) is 4. The highest BCUT2D eigenvalue weighted by atomic mass is 79.9. The van der Waals surface area contributed by atoms with E-state index in [1.807, 2.05) is 18.5 Å². The third-order valence-electron chi connectivity index (χ3n) is 4.06. The Balaban J connectivity index is 1.63. The number of aromatic nitrogens is 3. The van der Waals surface area contributed by atoms with Crippen molar-refractivity contribution in [2.24, 2.45) is 0 Å². The number of pyridine rings is 1. The largest absolute Gasteiger partial charge is 0.353 e. The lowest BCUT2D eigenvalue weighted by molar-refractivity contribution is 0.470. The molecule has 112 valence electrons. The van der Waals surface area contributed by atoms with Crippen LogP contribution in [0.3, 0.4) is 0 Å². The molecule has 1 aliphatic heterocycles. The normalized spacial score (nSPS) is 18.8. The molecule has 1 atom stereocenters. The first-order chi connectivity index (χ1) is 10.8. The smallest absolute Gasteiger partial charge is 0.129 e. The molecule has 3 heterocycles. The van der Waals surface area contributed by atoms with E-state index in [-0.39, 0.29) is 6.04 Å². The van der Waals surface area contributed by atoms with Crippen molar-refractivity contribution in [2.75, 3.05) is 24.5 Å². The van der Waals surface area contributed by atoms with Crippen molar-refractivity contribution in [3.05, 3.63) is 52.8 Å². The fraction of sp³-hybridized carbons (Fsp3) is 0.250. The molecule has 6 heteroatoms. The van der Waals surface area contributed by atoms with Crippen LogP contribution in [0, 0.1) is 0 Å². The molecule has 0 aliphatic carbocycles. The van der Waals surface area contributed by atoms with E-state index in [0.29, 0.717) is 0 Å². The molecule has 2 aromatic heterocycles. The zero-order valence-corrected chi connectivity index (χ0v) is 13.5. The number of aromatic amines is 1. The molecule has 0 bridgehead atoms. The van der Waals surface area contributed by atoms with E-state index in [2.05, 4.69) is 60.6 Å². The molecule has 5 nitrogen and oxygen atoms in total. The zero-order valence-electron chi connectivity index (χ0n) is 12.0. The number of hydrogen-bond donors (Lipinski definition) is 2. The van der Waals surface area contributed by atoms with Gasteiger partial charge in [0.05, 0.1) is 17.8 Å². The van der Waals surface area contributed by atoms with Crippen LogP contribution in [0.5, 0.6) is 0 Å². The van der Waals surface area contributed by atoms with Crippen LogP contribution in [-0.4, -0.2) is 34.8 Å². The van der Waals surface area contributed by atoms with Crippen molar-refractivity contribution in [1.82, 2.24) is 20.5 Å². The summed E-state index contributed by atoms with van der Waals surface area (Å²) in [6, 6.07) is 10.7. The Morgan fingerprint density at radius 2 is 2.14 bits per heavy atom. The van der Waals surface area contributed by atoms with Gasteiger partial charge in [-0.1, -0.05) is 22.0 Å². The summed E-state index contributed by atoms with van der Waals surface area (Å²) >= 11 is 3.51. The second-order valence-corrected chi connectivity index (χ2v) is 6.41. The predicted octanol–water partition coefficient (Wildman–Crippen LogP) is 2.87. The highest BCUT2D eigenvalue weighted by Crippen LogP contribution is 2.24. The van der Waals surface area contributed by atoms with Crippen molar-refractivity contribution in [3.8, 4) is 0 Å². The molecular weight excluding hydrogens is 342 g/mol. The summed E-state index contributed by atoms with van der Waals surface area (Å²) in [7, 11) is 0. The van der Waals surface area contributed by atoms with E-state index in [0.717, 1.165) is 40.8 Å². The third kappa shape index (κ3) is 2.60. The second-order valence-electron chi connectivity index (χ2n) is 5.49. The average Bonchev–Trinajstić information content (AvgIpc) is 3.09. The van der Waals surface area contributed by atoms with Crippen molar-refractivity contribution in [3.63, 3.8) is 0 Å². The summed E-state index contributed by atoms with van der Waals surface area (Å²) in [6.07, 6.45) is 3.83.